The minimum absolute atomic E-state index is 0.0150. The van der Waals surface area contributed by atoms with E-state index in [1.165, 1.54) is 31.9 Å². The average molecular weight is 423 g/mol. The van der Waals surface area contributed by atoms with E-state index >= 15 is 0 Å². The third kappa shape index (κ3) is 4.06. The van der Waals surface area contributed by atoms with Crippen molar-refractivity contribution in [1.29, 1.82) is 0 Å². The van der Waals surface area contributed by atoms with E-state index in [0.717, 1.165) is 0 Å². The number of carbonyl (C=O) groups is 1. The van der Waals surface area contributed by atoms with Gasteiger partial charge >= 0.3 is 0 Å². The molecule has 0 spiro atoms. The Morgan fingerprint density at radius 3 is 2.50 bits per heavy atom. The molecule has 0 aliphatic rings. The van der Waals surface area contributed by atoms with Crippen molar-refractivity contribution in [1.82, 2.24) is 19.9 Å². The summed E-state index contributed by atoms with van der Waals surface area (Å²) in [7, 11) is 1.46. The molecule has 0 atom stereocenters. The fraction of sp³-hybridized carbons (Fsp3) is 0.0500. The minimum Gasteiger partial charge on any atom is -0.504 e. The average Bonchev–Trinajstić information content (AvgIpc) is 2.75. The van der Waals surface area contributed by atoms with Crippen molar-refractivity contribution in [2.75, 3.05) is 17.7 Å². The van der Waals surface area contributed by atoms with Gasteiger partial charge in [0.1, 0.15) is 12.1 Å². The topological polar surface area (TPSA) is 122 Å². The molecule has 9 nitrogen and oxygen atoms in total. The number of aromatic nitrogens is 4. The van der Waals surface area contributed by atoms with Gasteiger partial charge in [-0.2, -0.15) is 0 Å². The van der Waals surface area contributed by atoms with Gasteiger partial charge in [-0.15, -0.1) is 0 Å². The molecule has 10 heteroatoms. The SMILES string of the molecule is COc1cc2c(Nc3cnc(NC(=O)c4ccc(Cl)cc4)nc3)ncnc2cc1O. The van der Waals surface area contributed by atoms with Gasteiger partial charge in [0.05, 0.1) is 30.7 Å². The molecule has 0 bridgehead atoms. The Bertz CT molecular complexity index is 1220. The van der Waals surface area contributed by atoms with E-state index in [1.54, 1.807) is 30.3 Å². The van der Waals surface area contributed by atoms with E-state index in [4.69, 9.17) is 16.3 Å². The van der Waals surface area contributed by atoms with E-state index in [2.05, 4.69) is 30.6 Å². The van der Waals surface area contributed by atoms with Gasteiger partial charge in [0.2, 0.25) is 5.95 Å². The van der Waals surface area contributed by atoms with Crippen LogP contribution in [0.25, 0.3) is 10.9 Å². The number of anilines is 3. The molecule has 2 heterocycles. The lowest BCUT2D eigenvalue weighted by atomic mass is 10.2. The maximum absolute atomic E-state index is 12.2. The number of ether oxygens (including phenoxy) is 1. The number of methoxy groups -OCH3 is 1. The number of fused-ring (bicyclic) bond motifs is 1. The molecule has 0 radical (unpaired) electrons. The fourth-order valence-corrected chi connectivity index (χ4v) is 2.83. The predicted molar refractivity (Wildman–Crippen MR) is 112 cm³/mol. The van der Waals surface area contributed by atoms with Crippen molar-refractivity contribution >= 4 is 45.9 Å². The Kier molecular flexibility index (Phi) is 5.27. The number of nitrogens with one attached hydrogen (secondary N) is 2. The number of hydrogen-bond acceptors (Lipinski definition) is 8. The van der Waals surface area contributed by atoms with Crippen LogP contribution in [0, 0.1) is 0 Å². The third-order valence-electron chi connectivity index (χ3n) is 4.18. The Morgan fingerprint density at radius 1 is 1.07 bits per heavy atom. The number of phenolic OH excluding ortho intramolecular Hbond substituents is 1. The maximum Gasteiger partial charge on any atom is 0.258 e. The Morgan fingerprint density at radius 2 is 1.80 bits per heavy atom. The molecule has 150 valence electrons. The maximum atomic E-state index is 12.2. The van der Waals surface area contributed by atoms with Crippen LogP contribution in [-0.4, -0.2) is 38.1 Å². The third-order valence-corrected chi connectivity index (χ3v) is 4.43. The van der Waals surface area contributed by atoms with E-state index in [1.807, 2.05) is 0 Å². The monoisotopic (exact) mass is 422 g/mol. The lowest BCUT2D eigenvalue weighted by Gasteiger charge is -2.10. The number of benzene rings is 2. The first kappa shape index (κ1) is 19.3. The molecule has 0 aliphatic carbocycles. The summed E-state index contributed by atoms with van der Waals surface area (Å²) in [6.45, 7) is 0. The number of hydrogen-bond donors (Lipinski definition) is 3. The second-order valence-electron chi connectivity index (χ2n) is 6.14. The first-order valence-electron chi connectivity index (χ1n) is 8.71. The van der Waals surface area contributed by atoms with Gasteiger partial charge in [0, 0.05) is 22.0 Å². The molecule has 3 N–H and O–H groups in total. The number of halogens is 1. The van der Waals surface area contributed by atoms with Crippen molar-refractivity contribution < 1.29 is 14.6 Å². The van der Waals surface area contributed by atoms with Crippen LogP contribution < -0.4 is 15.4 Å². The summed E-state index contributed by atoms with van der Waals surface area (Å²) in [6, 6.07) is 9.61. The lowest BCUT2D eigenvalue weighted by Crippen LogP contribution is -2.14. The highest BCUT2D eigenvalue weighted by Crippen LogP contribution is 2.33. The highest BCUT2D eigenvalue weighted by Gasteiger charge is 2.11. The van der Waals surface area contributed by atoms with Crippen LogP contribution in [0.2, 0.25) is 5.02 Å². The minimum atomic E-state index is -0.346. The van der Waals surface area contributed by atoms with Gasteiger partial charge in [-0.05, 0) is 30.3 Å². The van der Waals surface area contributed by atoms with Crippen LogP contribution in [0.4, 0.5) is 17.5 Å². The molecule has 0 saturated heterocycles. The Hall–Kier alpha value is -3.98. The zero-order valence-corrected chi connectivity index (χ0v) is 16.4. The van der Waals surface area contributed by atoms with Crippen LogP contribution in [-0.2, 0) is 0 Å². The highest BCUT2D eigenvalue weighted by atomic mass is 35.5. The molecule has 2 aromatic carbocycles. The number of rotatable bonds is 5. The molecule has 4 rings (SSSR count). The van der Waals surface area contributed by atoms with E-state index < -0.39 is 0 Å². The molecule has 0 aliphatic heterocycles. The smallest absolute Gasteiger partial charge is 0.258 e. The van der Waals surface area contributed by atoms with E-state index in [9.17, 15) is 9.90 Å². The van der Waals surface area contributed by atoms with Crippen LogP contribution in [0.3, 0.4) is 0 Å². The number of nitrogens with zero attached hydrogens (tertiary/aromatic N) is 4. The summed E-state index contributed by atoms with van der Waals surface area (Å²) < 4.78 is 5.15. The van der Waals surface area contributed by atoms with Gasteiger partial charge in [-0.3, -0.25) is 10.1 Å². The van der Waals surface area contributed by atoms with Gasteiger partial charge in [0.25, 0.3) is 5.91 Å². The Balaban J connectivity index is 1.52. The summed E-state index contributed by atoms with van der Waals surface area (Å²) in [5.41, 5.74) is 1.53. The van der Waals surface area contributed by atoms with Crippen molar-refractivity contribution in [2.45, 2.75) is 0 Å². The zero-order valence-electron chi connectivity index (χ0n) is 15.6. The summed E-state index contributed by atoms with van der Waals surface area (Å²) in [5, 5.41) is 16.8. The molecular formula is C20H15ClN6O3. The second kappa shape index (κ2) is 8.18. The standard InChI is InChI=1S/C20H15ClN6O3/c1-30-17-6-14-15(7-16(17)28)24-10-25-18(14)26-13-8-22-20(23-9-13)27-19(29)11-2-4-12(21)5-3-11/h2-10,28H,1H3,(H,24,25,26)(H,22,23,27,29). The number of aromatic hydroxyl groups is 1. The first-order valence-corrected chi connectivity index (χ1v) is 9.09. The van der Waals surface area contributed by atoms with Gasteiger partial charge in [0.15, 0.2) is 11.5 Å². The summed E-state index contributed by atoms with van der Waals surface area (Å²) in [6.07, 6.45) is 4.39. The van der Waals surface area contributed by atoms with Gasteiger partial charge in [-0.1, -0.05) is 11.6 Å². The van der Waals surface area contributed by atoms with Crippen molar-refractivity contribution in [3.05, 3.63) is 65.7 Å². The van der Waals surface area contributed by atoms with Crippen LogP contribution in [0.1, 0.15) is 10.4 Å². The van der Waals surface area contributed by atoms with Gasteiger partial charge in [-0.25, -0.2) is 19.9 Å². The van der Waals surface area contributed by atoms with Crippen molar-refractivity contribution in [3.8, 4) is 11.5 Å². The molecule has 30 heavy (non-hydrogen) atoms. The number of carbonyl (C=O) groups excluding carboxylic acids is 1. The lowest BCUT2D eigenvalue weighted by molar-refractivity contribution is 0.102. The Labute approximate surface area is 175 Å². The zero-order chi connectivity index (χ0) is 21.1. The van der Waals surface area contributed by atoms with Crippen LogP contribution in [0.5, 0.6) is 11.5 Å². The van der Waals surface area contributed by atoms with Crippen molar-refractivity contribution in [2.24, 2.45) is 0 Å². The van der Waals surface area contributed by atoms with Crippen LogP contribution in [0.15, 0.2) is 55.1 Å². The normalized spacial score (nSPS) is 10.6. The molecule has 2 aromatic heterocycles. The summed E-state index contributed by atoms with van der Waals surface area (Å²) >= 11 is 5.83. The van der Waals surface area contributed by atoms with Crippen molar-refractivity contribution in [3.63, 3.8) is 0 Å². The van der Waals surface area contributed by atoms with Gasteiger partial charge < -0.3 is 15.2 Å². The van der Waals surface area contributed by atoms with E-state index in [-0.39, 0.29) is 17.6 Å². The molecular weight excluding hydrogens is 408 g/mol. The quantitative estimate of drug-likeness (QED) is 0.444. The van der Waals surface area contributed by atoms with Crippen LogP contribution >= 0.6 is 11.6 Å². The molecule has 1 amide bonds. The fourth-order valence-electron chi connectivity index (χ4n) is 2.70. The molecule has 4 aromatic rings. The largest absolute Gasteiger partial charge is 0.504 e. The second-order valence-corrected chi connectivity index (χ2v) is 6.58. The number of amides is 1. The summed E-state index contributed by atoms with van der Waals surface area (Å²) in [5.74, 6) is 0.580. The van der Waals surface area contributed by atoms with E-state index in [0.29, 0.717) is 38.7 Å². The first-order chi connectivity index (χ1) is 14.5. The number of phenols is 1. The molecule has 0 saturated carbocycles. The molecule has 0 unspecified atom stereocenters. The predicted octanol–water partition coefficient (Wildman–Crippen LogP) is 3.78. The summed E-state index contributed by atoms with van der Waals surface area (Å²) in [4.78, 5) is 28.9. The highest BCUT2D eigenvalue weighted by molar-refractivity contribution is 6.30. The molecule has 0 fully saturated rings.